The predicted octanol–water partition coefficient (Wildman–Crippen LogP) is 5.03. The molecular weight excluding hydrogens is 378 g/mol. The first-order valence-electron chi connectivity index (χ1n) is 10.9. The molecule has 0 saturated heterocycles. The summed E-state index contributed by atoms with van der Waals surface area (Å²) in [6.07, 6.45) is 4.21. The molecule has 0 spiro atoms. The highest BCUT2D eigenvalue weighted by Crippen LogP contribution is 2.54. The lowest BCUT2D eigenvalue weighted by molar-refractivity contribution is 0.197. The Kier molecular flexibility index (Phi) is 5.83. The summed E-state index contributed by atoms with van der Waals surface area (Å²) in [5.74, 6) is 3.17. The van der Waals surface area contributed by atoms with Crippen molar-refractivity contribution in [1.82, 2.24) is 4.90 Å². The number of nitrogens with zero attached hydrogens (tertiary/aromatic N) is 1. The monoisotopic (exact) mass is 411 g/mol. The number of likely N-dealkylation sites (N-methyl/N-ethyl adjacent to an activating group) is 1. The van der Waals surface area contributed by atoms with Crippen LogP contribution < -0.4 is 18.9 Å². The van der Waals surface area contributed by atoms with Crippen LogP contribution in [0.5, 0.6) is 23.0 Å². The van der Waals surface area contributed by atoms with Crippen LogP contribution in [0.15, 0.2) is 18.2 Å². The van der Waals surface area contributed by atoms with E-state index in [0.29, 0.717) is 6.04 Å². The van der Waals surface area contributed by atoms with E-state index < -0.39 is 0 Å². The van der Waals surface area contributed by atoms with Crippen LogP contribution in [0, 0.1) is 0 Å². The van der Waals surface area contributed by atoms with Gasteiger partial charge < -0.3 is 18.9 Å². The second-order valence-electron chi connectivity index (χ2n) is 8.39. The molecule has 0 bridgehead atoms. The lowest BCUT2D eigenvalue weighted by atomic mass is 9.76. The molecule has 0 aromatic heterocycles. The molecule has 1 unspecified atom stereocenters. The molecule has 2 atom stereocenters. The van der Waals surface area contributed by atoms with Crippen molar-refractivity contribution in [3.8, 4) is 34.1 Å². The fourth-order valence-corrected chi connectivity index (χ4v) is 5.00. The van der Waals surface area contributed by atoms with Crippen LogP contribution in [-0.4, -0.2) is 45.9 Å². The van der Waals surface area contributed by atoms with E-state index in [2.05, 4.69) is 44.0 Å². The van der Waals surface area contributed by atoms with E-state index in [1.54, 1.807) is 21.3 Å². The van der Waals surface area contributed by atoms with Gasteiger partial charge in [0.2, 0.25) is 0 Å². The third kappa shape index (κ3) is 3.39. The van der Waals surface area contributed by atoms with Crippen LogP contribution in [0.3, 0.4) is 0 Å². The average molecular weight is 412 g/mol. The van der Waals surface area contributed by atoms with Gasteiger partial charge in [-0.1, -0.05) is 13.3 Å². The van der Waals surface area contributed by atoms with Gasteiger partial charge in [-0.25, -0.2) is 0 Å². The van der Waals surface area contributed by atoms with Gasteiger partial charge in [-0.05, 0) is 73.7 Å². The van der Waals surface area contributed by atoms with Gasteiger partial charge in [0.25, 0.3) is 0 Å². The Bertz CT molecular complexity index is 939. The molecule has 1 aliphatic carbocycles. The van der Waals surface area contributed by atoms with E-state index in [1.165, 1.54) is 16.7 Å². The molecule has 0 saturated carbocycles. The zero-order valence-corrected chi connectivity index (χ0v) is 19.0. The lowest BCUT2D eigenvalue weighted by Gasteiger charge is -2.41. The molecule has 0 N–H and O–H groups in total. The van der Waals surface area contributed by atoms with Gasteiger partial charge >= 0.3 is 0 Å². The summed E-state index contributed by atoms with van der Waals surface area (Å²) in [7, 11) is 7.32. The molecule has 2 aromatic rings. The fraction of sp³-hybridized carbons (Fsp3) is 0.520. The van der Waals surface area contributed by atoms with Crippen LogP contribution in [-0.2, 0) is 12.8 Å². The number of fused-ring (bicyclic) bond motifs is 2. The maximum atomic E-state index is 6.39. The number of rotatable bonds is 7. The molecule has 4 rings (SSSR count). The molecule has 0 fully saturated rings. The van der Waals surface area contributed by atoms with Gasteiger partial charge in [0.1, 0.15) is 0 Å². The van der Waals surface area contributed by atoms with E-state index in [9.17, 15) is 0 Å². The number of hydrogen-bond donors (Lipinski definition) is 0. The van der Waals surface area contributed by atoms with Gasteiger partial charge in [0, 0.05) is 18.2 Å². The summed E-state index contributed by atoms with van der Waals surface area (Å²) in [6.45, 7) is 5.35. The van der Waals surface area contributed by atoms with Crippen molar-refractivity contribution in [2.45, 2.75) is 51.7 Å². The van der Waals surface area contributed by atoms with Crippen LogP contribution >= 0.6 is 0 Å². The fourth-order valence-electron chi connectivity index (χ4n) is 5.00. The minimum Gasteiger partial charge on any atom is -0.493 e. The van der Waals surface area contributed by atoms with Gasteiger partial charge in [0.05, 0.1) is 27.4 Å². The minimum absolute atomic E-state index is 0.143. The maximum absolute atomic E-state index is 6.39. The summed E-state index contributed by atoms with van der Waals surface area (Å²) in [4.78, 5) is 2.45. The number of ether oxygens (including phenoxy) is 4. The number of hydrogen-bond acceptors (Lipinski definition) is 5. The first kappa shape index (κ1) is 20.9. The van der Waals surface area contributed by atoms with Crippen LogP contribution in [0.1, 0.15) is 49.4 Å². The Morgan fingerprint density at radius 3 is 2.37 bits per heavy atom. The van der Waals surface area contributed by atoms with Crippen LogP contribution in [0.25, 0.3) is 11.1 Å². The van der Waals surface area contributed by atoms with E-state index in [4.69, 9.17) is 18.9 Å². The summed E-state index contributed by atoms with van der Waals surface area (Å²) in [5, 5.41) is 0. The Hall–Kier alpha value is -2.40. The predicted molar refractivity (Wildman–Crippen MR) is 119 cm³/mol. The molecular formula is C25H33NO4. The molecule has 2 aliphatic rings. The molecule has 1 heterocycles. The Morgan fingerprint density at radius 2 is 1.70 bits per heavy atom. The standard InChI is InChI=1S/C25H33NO4/c1-7-8-15(2)30-22-12-16-9-10-26(3)19-11-17-13-20(27-4)21(28-5)14-18(17)24(23(16)19)25(22)29-6/h12-15,19H,7-11H2,1-6H3/t15?,19-/m0/s1. The van der Waals surface area contributed by atoms with Crippen LogP contribution in [0.2, 0.25) is 0 Å². The average Bonchev–Trinajstić information content (AvgIpc) is 2.75. The molecule has 2 aromatic carbocycles. The van der Waals surface area contributed by atoms with Crippen LogP contribution in [0.4, 0.5) is 0 Å². The molecule has 30 heavy (non-hydrogen) atoms. The van der Waals surface area contributed by atoms with Gasteiger partial charge in [-0.15, -0.1) is 0 Å². The molecule has 0 radical (unpaired) electrons. The Morgan fingerprint density at radius 1 is 1.00 bits per heavy atom. The van der Waals surface area contributed by atoms with E-state index in [0.717, 1.165) is 66.4 Å². The van der Waals surface area contributed by atoms with Gasteiger partial charge in [-0.2, -0.15) is 0 Å². The van der Waals surface area contributed by atoms with Gasteiger partial charge in [0.15, 0.2) is 23.0 Å². The minimum atomic E-state index is 0.143. The van der Waals surface area contributed by atoms with Crippen molar-refractivity contribution in [1.29, 1.82) is 0 Å². The van der Waals surface area contributed by atoms with Gasteiger partial charge in [-0.3, -0.25) is 4.90 Å². The summed E-state index contributed by atoms with van der Waals surface area (Å²) in [5.41, 5.74) is 6.29. The molecule has 1 aliphatic heterocycles. The van der Waals surface area contributed by atoms with E-state index in [1.807, 2.05) is 0 Å². The second kappa shape index (κ2) is 8.38. The molecule has 5 heteroatoms. The van der Waals surface area contributed by atoms with E-state index >= 15 is 0 Å². The van der Waals surface area contributed by atoms with Crippen molar-refractivity contribution in [3.05, 3.63) is 34.9 Å². The largest absolute Gasteiger partial charge is 0.493 e. The topological polar surface area (TPSA) is 40.2 Å². The SMILES string of the molecule is CCCC(C)Oc1cc2c3c(c1OC)-c1cc(OC)c(OC)cc1C[C@@H]3N(C)CC2. The number of benzene rings is 2. The summed E-state index contributed by atoms with van der Waals surface area (Å²) in [6, 6.07) is 6.75. The first-order chi connectivity index (χ1) is 14.5. The van der Waals surface area contributed by atoms with Crippen molar-refractivity contribution in [3.63, 3.8) is 0 Å². The van der Waals surface area contributed by atoms with Crippen molar-refractivity contribution in [2.24, 2.45) is 0 Å². The normalized spacial score (nSPS) is 18.3. The highest BCUT2D eigenvalue weighted by molar-refractivity contribution is 5.85. The highest BCUT2D eigenvalue weighted by atomic mass is 16.5. The maximum Gasteiger partial charge on any atom is 0.168 e. The lowest BCUT2D eigenvalue weighted by Crippen LogP contribution is -2.35. The first-order valence-corrected chi connectivity index (χ1v) is 10.9. The zero-order chi connectivity index (χ0) is 21.4. The quantitative estimate of drug-likeness (QED) is 0.639. The third-order valence-corrected chi connectivity index (χ3v) is 6.49. The highest BCUT2D eigenvalue weighted by Gasteiger charge is 2.37. The van der Waals surface area contributed by atoms with Crippen molar-refractivity contribution in [2.75, 3.05) is 34.9 Å². The number of methoxy groups -OCH3 is 3. The smallest absolute Gasteiger partial charge is 0.168 e. The molecule has 0 amide bonds. The zero-order valence-electron chi connectivity index (χ0n) is 19.0. The second-order valence-corrected chi connectivity index (χ2v) is 8.39. The molecule has 5 nitrogen and oxygen atoms in total. The third-order valence-electron chi connectivity index (χ3n) is 6.49. The summed E-state index contributed by atoms with van der Waals surface area (Å²) < 4.78 is 23.6. The Labute approximate surface area is 179 Å². The summed E-state index contributed by atoms with van der Waals surface area (Å²) >= 11 is 0. The van der Waals surface area contributed by atoms with Crippen molar-refractivity contribution >= 4 is 0 Å². The van der Waals surface area contributed by atoms with Crippen molar-refractivity contribution < 1.29 is 18.9 Å². The Balaban J connectivity index is 1.96. The van der Waals surface area contributed by atoms with E-state index in [-0.39, 0.29) is 6.10 Å². The molecule has 162 valence electrons.